The number of carbonyl (C=O) groups excluding carboxylic acids is 2. The lowest BCUT2D eigenvalue weighted by atomic mass is 10.1. The highest BCUT2D eigenvalue weighted by Crippen LogP contribution is 2.25. The highest BCUT2D eigenvalue weighted by atomic mass is 16.5. The summed E-state index contributed by atoms with van der Waals surface area (Å²) in [6, 6.07) is 11.0. The summed E-state index contributed by atoms with van der Waals surface area (Å²) in [5.74, 6) is 0.149. The van der Waals surface area contributed by atoms with Crippen LogP contribution in [0.25, 0.3) is 0 Å². The normalized spacial score (nSPS) is 12.2. The summed E-state index contributed by atoms with van der Waals surface area (Å²) in [6.07, 6.45) is -0.710. The fourth-order valence-corrected chi connectivity index (χ4v) is 2.80. The van der Waals surface area contributed by atoms with Crippen molar-refractivity contribution in [2.75, 3.05) is 5.32 Å². The zero-order chi connectivity index (χ0) is 21.1. The molecule has 1 atom stereocenters. The number of aryl methyl sites for hydroxylation is 2. The van der Waals surface area contributed by atoms with Crippen molar-refractivity contribution in [1.29, 1.82) is 0 Å². The minimum atomic E-state index is -0.710. The molecule has 0 aliphatic carbocycles. The van der Waals surface area contributed by atoms with Gasteiger partial charge in [0, 0.05) is 5.54 Å². The molecule has 0 spiro atoms. The first-order valence-corrected chi connectivity index (χ1v) is 9.45. The van der Waals surface area contributed by atoms with E-state index in [0.717, 1.165) is 16.7 Å². The second-order valence-corrected chi connectivity index (χ2v) is 8.20. The lowest BCUT2D eigenvalue weighted by Crippen LogP contribution is -2.41. The first-order valence-electron chi connectivity index (χ1n) is 9.45. The van der Waals surface area contributed by atoms with E-state index in [9.17, 15) is 9.59 Å². The molecule has 0 saturated carbocycles. The Labute approximate surface area is 167 Å². The van der Waals surface area contributed by atoms with Crippen molar-refractivity contribution >= 4 is 17.5 Å². The van der Waals surface area contributed by atoms with Crippen molar-refractivity contribution in [3.8, 4) is 5.75 Å². The maximum Gasteiger partial charge on any atom is 0.265 e. The van der Waals surface area contributed by atoms with Gasteiger partial charge in [-0.1, -0.05) is 18.2 Å². The maximum atomic E-state index is 12.7. The van der Waals surface area contributed by atoms with E-state index in [2.05, 4.69) is 16.7 Å². The van der Waals surface area contributed by atoms with E-state index in [-0.39, 0.29) is 17.4 Å². The lowest BCUT2D eigenvalue weighted by molar-refractivity contribution is -0.122. The van der Waals surface area contributed by atoms with Crippen LogP contribution in [0.5, 0.6) is 5.75 Å². The van der Waals surface area contributed by atoms with E-state index in [0.29, 0.717) is 17.0 Å². The number of anilines is 1. The van der Waals surface area contributed by atoms with E-state index < -0.39 is 6.10 Å². The number of nitrogens with one attached hydrogen (secondary N) is 2. The minimum absolute atomic E-state index is 0.234. The van der Waals surface area contributed by atoms with Crippen LogP contribution in [0.15, 0.2) is 36.4 Å². The minimum Gasteiger partial charge on any atom is -0.481 e. The molecule has 2 aromatic carbocycles. The van der Waals surface area contributed by atoms with Crippen LogP contribution < -0.4 is 15.4 Å². The third kappa shape index (κ3) is 5.59. The predicted octanol–water partition coefficient (Wildman–Crippen LogP) is 4.55. The van der Waals surface area contributed by atoms with Crippen LogP contribution in [0.2, 0.25) is 0 Å². The molecule has 28 heavy (non-hydrogen) atoms. The van der Waals surface area contributed by atoms with Crippen LogP contribution in [0.3, 0.4) is 0 Å². The summed E-state index contributed by atoms with van der Waals surface area (Å²) in [7, 11) is 0. The molecule has 1 unspecified atom stereocenters. The molecular weight excluding hydrogens is 352 g/mol. The number of para-hydroxylation sites is 1. The smallest absolute Gasteiger partial charge is 0.265 e. The first kappa shape index (κ1) is 21.5. The number of amides is 2. The van der Waals surface area contributed by atoms with E-state index in [1.165, 1.54) is 0 Å². The van der Waals surface area contributed by atoms with Crippen molar-refractivity contribution < 1.29 is 14.3 Å². The number of hydrogen-bond donors (Lipinski definition) is 2. The van der Waals surface area contributed by atoms with Gasteiger partial charge < -0.3 is 15.4 Å². The molecule has 5 nitrogen and oxygen atoms in total. The van der Waals surface area contributed by atoms with Gasteiger partial charge >= 0.3 is 0 Å². The van der Waals surface area contributed by atoms with Crippen LogP contribution in [0.4, 0.5) is 5.69 Å². The van der Waals surface area contributed by atoms with Crippen molar-refractivity contribution in [3.63, 3.8) is 0 Å². The fourth-order valence-electron chi connectivity index (χ4n) is 2.80. The van der Waals surface area contributed by atoms with Crippen molar-refractivity contribution in [2.24, 2.45) is 0 Å². The first-order chi connectivity index (χ1) is 13.0. The predicted molar refractivity (Wildman–Crippen MR) is 113 cm³/mol. The van der Waals surface area contributed by atoms with Crippen molar-refractivity contribution in [3.05, 3.63) is 58.7 Å². The topological polar surface area (TPSA) is 67.4 Å². The van der Waals surface area contributed by atoms with Gasteiger partial charge in [-0.15, -0.1) is 0 Å². The molecule has 0 bridgehead atoms. The summed E-state index contributed by atoms with van der Waals surface area (Å²) >= 11 is 0. The summed E-state index contributed by atoms with van der Waals surface area (Å²) in [6.45, 7) is 13.4. The molecule has 0 aromatic heterocycles. The van der Waals surface area contributed by atoms with E-state index in [1.54, 1.807) is 31.2 Å². The lowest BCUT2D eigenvalue weighted by Gasteiger charge is -2.22. The number of benzene rings is 2. The average molecular weight is 383 g/mol. The third-order valence-corrected chi connectivity index (χ3v) is 4.36. The largest absolute Gasteiger partial charge is 0.481 e. The molecule has 0 fully saturated rings. The number of carbonyl (C=O) groups is 2. The summed E-state index contributed by atoms with van der Waals surface area (Å²) in [4.78, 5) is 25.2. The monoisotopic (exact) mass is 382 g/mol. The van der Waals surface area contributed by atoms with Gasteiger partial charge in [0.1, 0.15) is 5.75 Å². The van der Waals surface area contributed by atoms with Crippen LogP contribution in [-0.2, 0) is 4.79 Å². The number of rotatable bonds is 5. The SMILES string of the molecule is Cc1cc(C)c(C)c(OC(C)C(=O)Nc2ccccc2C(=O)NC(C)(C)C)c1. The molecular formula is C23H30N2O3. The summed E-state index contributed by atoms with van der Waals surface area (Å²) in [5.41, 5.74) is 3.71. The number of ether oxygens (including phenoxy) is 1. The molecule has 150 valence electrons. The molecule has 2 N–H and O–H groups in total. The van der Waals surface area contributed by atoms with Gasteiger partial charge in [0.25, 0.3) is 11.8 Å². The van der Waals surface area contributed by atoms with Gasteiger partial charge in [-0.3, -0.25) is 9.59 Å². The van der Waals surface area contributed by atoms with Crippen LogP contribution in [0.1, 0.15) is 54.7 Å². The van der Waals surface area contributed by atoms with Gasteiger partial charge in [-0.05, 0) is 83.4 Å². The zero-order valence-corrected chi connectivity index (χ0v) is 17.8. The zero-order valence-electron chi connectivity index (χ0n) is 17.8. The molecule has 0 aliphatic heterocycles. The summed E-state index contributed by atoms with van der Waals surface area (Å²) in [5, 5.41) is 5.74. The Morgan fingerprint density at radius 1 is 1.04 bits per heavy atom. The Balaban J connectivity index is 2.16. The van der Waals surface area contributed by atoms with Gasteiger partial charge in [-0.2, -0.15) is 0 Å². The standard InChI is InChI=1S/C23H30N2O3/c1-14-12-15(2)16(3)20(13-14)28-17(4)21(26)24-19-11-9-8-10-18(19)22(27)25-23(5,6)7/h8-13,17H,1-7H3,(H,24,26)(H,25,27). The second kappa shape index (κ2) is 8.46. The van der Waals surface area contributed by atoms with Crippen LogP contribution in [0, 0.1) is 20.8 Å². The highest BCUT2D eigenvalue weighted by Gasteiger charge is 2.21. The molecule has 0 heterocycles. The molecule has 2 rings (SSSR count). The second-order valence-electron chi connectivity index (χ2n) is 8.20. The van der Waals surface area contributed by atoms with Gasteiger partial charge in [0.15, 0.2) is 6.10 Å². The molecule has 2 amide bonds. The van der Waals surface area contributed by atoms with E-state index in [4.69, 9.17) is 4.74 Å². The summed E-state index contributed by atoms with van der Waals surface area (Å²) < 4.78 is 5.91. The van der Waals surface area contributed by atoms with Gasteiger partial charge in [0.2, 0.25) is 0 Å². The van der Waals surface area contributed by atoms with Crippen LogP contribution >= 0.6 is 0 Å². The fraction of sp³-hybridized carbons (Fsp3) is 0.391. The highest BCUT2D eigenvalue weighted by molar-refractivity contribution is 6.04. The van der Waals surface area contributed by atoms with Crippen LogP contribution in [-0.4, -0.2) is 23.5 Å². The Morgan fingerprint density at radius 2 is 1.68 bits per heavy atom. The molecule has 0 radical (unpaired) electrons. The third-order valence-electron chi connectivity index (χ3n) is 4.36. The number of hydrogen-bond acceptors (Lipinski definition) is 3. The van der Waals surface area contributed by atoms with Crippen molar-refractivity contribution in [1.82, 2.24) is 5.32 Å². The molecule has 0 saturated heterocycles. The Hall–Kier alpha value is -2.82. The Bertz CT molecular complexity index is 882. The maximum absolute atomic E-state index is 12.7. The molecule has 2 aromatic rings. The van der Waals surface area contributed by atoms with E-state index in [1.807, 2.05) is 47.6 Å². The van der Waals surface area contributed by atoms with Gasteiger partial charge in [0.05, 0.1) is 11.3 Å². The Morgan fingerprint density at radius 3 is 2.32 bits per heavy atom. The quantitative estimate of drug-likeness (QED) is 0.797. The van der Waals surface area contributed by atoms with Gasteiger partial charge in [-0.25, -0.2) is 0 Å². The van der Waals surface area contributed by atoms with E-state index >= 15 is 0 Å². The average Bonchev–Trinajstić information content (AvgIpc) is 2.58. The Kier molecular flexibility index (Phi) is 6.49. The molecule has 0 aliphatic rings. The van der Waals surface area contributed by atoms with Crippen molar-refractivity contribution in [2.45, 2.75) is 60.1 Å². The molecule has 5 heteroatoms.